The first-order chi connectivity index (χ1) is 8.75. The Hall–Kier alpha value is -2.16. The third-order valence-electron chi connectivity index (χ3n) is 3.31. The second kappa shape index (κ2) is 4.26. The van der Waals surface area contributed by atoms with Crippen LogP contribution in [0.4, 0.5) is 0 Å². The van der Waals surface area contributed by atoms with Crippen LogP contribution >= 0.6 is 0 Å². The topological polar surface area (TPSA) is 37.4 Å². The van der Waals surface area contributed by atoms with Gasteiger partial charge in [0.2, 0.25) is 5.91 Å². The quantitative estimate of drug-likeness (QED) is 0.717. The van der Waals surface area contributed by atoms with E-state index in [1.807, 2.05) is 36.4 Å². The number of carbonyl (C=O) groups is 2. The maximum atomic E-state index is 12.2. The predicted molar refractivity (Wildman–Crippen MR) is 69.2 cm³/mol. The maximum absolute atomic E-state index is 12.2. The zero-order valence-corrected chi connectivity index (χ0v) is 9.93. The van der Waals surface area contributed by atoms with Crippen molar-refractivity contribution in [2.45, 2.75) is 12.8 Å². The van der Waals surface area contributed by atoms with E-state index in [1.54, 1.807) is 6.07 Å². The summed E-state index contributed by atoms with van der Waals surface area (Å²) >= 11 is 0. The van der Waals surface area contributed by atoms with E-state index in [0.29, 0.717) is 18.5 Å². The van der Waals surface area contributed by atoms with Gasteiger partial charge in [-0.1, -0.05) is 30.3 Å². The van der Waals surface area contributed by atoms with E-state index in [-0.39, 0.29) is 11.8 Å². The molecule has 3 heteroatoms. The van der Waals surface area contributed by atoms with Gasteiger partial charge < -0.3 is 0 Å². The van der Waals surface area contributed by atoms with Gasteiger partial charge in [0.15, 0.2) is 0 Å². The third kappa shape index (κ3) is 1.78. The number of likely N-dealkylation sites (tertiary alicyclic amines) is 1. The zero-order chi connectivity index (χ0) is 12.5. The number of benzene rings is 2. The van der Waals surface area contributed by atoms with Crippen LogP contribution in [0, 0.1) is 0 Å². The molecule has 0 aromatic heterocycles. The first kappa shape index (κ1) is 11.0. The Morgan fingerprint density at radius 1 is 1.06 bits per heavy atom. The van der Waals surface area contributed by atoms with E-state index in [9.17, 15) is 9.59 Å². The summed E-state index contributed by atoms with van der Waals surface area (Å²) in [7, 11) is 0. The molecule has 90 valence electrons. The van der Waals surface area contributed by atoms with Crippen molar-refractivity contribution in [3.8, 4) is 0 Å². The van der Waals surface area contributed by atoms with Crippen LogP contribution < -0.4 is 0 Å². The van der Waals surface area contributed by atoms with Crippen LogP contribution in [0.1, 0.15) is 23.2 Å². The smallest absolute Gasteiger partial charge is 0.260 e. The monoisotopic (exact) mass is 239 g/mol. The third-order valence-corrected chi connectivity index (χ3v) is 3.31. The van der Waals surface area contributed by atoms with Gasteiger partial charge >= 0.3 is 0 Å². The van der Waals surface area contributed by atoms with Crippen LogP contribution in [-0.2, 0) is 4.79 Å². The molecule has 0 N–H and O–H groups in total. The summed E-state index contributed by atoms with van der Waals surface area (Å²) in [5.74, 6) is -0.239. The molecule has 3 nitrogen and oxygen atoms in total. The fourth-order valence-electron chi connectivity index (χ4n) is 2.34. The molecule has 2 amide bonds. The lowest BCUT2D eigenvalue weighted by molar-refractivity contribution is -0.125. The van der Waals surface area contributed by atoms with Gasteiger partial charge in [0.25, 0.3) is 5.91 Å². The molecule has 1 aliphatic heterocycles. The highest BCUT2D eigenvalue weighted by Crippen LogP contribution is 2.19. The first-order valence-corrected chi connectivity index (χ1v) is 6.09. The van der Waals surface area contributed by atoms with E-state index in [2.05, 4.69) is 0 Å². The second-order valence-electron chi connectivity index (χ2n) is 4.52. The lowest BCUT2D eigenvalue weighted by Gasteiger charge is -2.13. The fourth-order valence-corrected chi connectivity index (χ4v) is 2.34. The van der Waals surface area contributed by atoms with Crippen molar-refractivity contribution >= 4 is 22.6 Å². The van der Waals surface area contributed by atoms with Crippen molar-refractivity contribution in [2.75, 3.05) is 6.54 Å². The van der Waals surface area contributed by atoms with Crippen molar-refractivity contribution in [3.63, 3.8) is 0 Å². The summed E-state index contributed by atoms with van der Waals surface area (Å²) in [4.78, 5) is 25.1. The molecule has 1 heterocycles. The van der Waals surface area contributed by atoms with Crippen LogP contribution in [-0.4, -0.2) is 23.3 Å². The van der Waals surface area contributed by atoms with Crippen LogP contribution in [0.3, 0.4) is 0 Å². The van der Waals surface area contributed by atoms with Crippen LogP contribution in [0.25, 0.3) is 10.8 Å². The fraction of sp³-hybridized carbons (Fsp3) is 0.200. The van der Waals surface area contributed by atoms with E-state index >= 15 is 0 Å². The first-order valence-electron chi connectivity index (χ1n) is 6.09. The average molecular weight is 239 g/mol. The molecule has 0 unspecified atom stereocenters. The number of hydrogen-bond acceptors (Lipinski definition) is 2. The van der Waals surface area contributed by atoms with E-state index < -0.39 is 0 Å². The average Bonchev–Trinajstić information content (AvgIpc) is 2.83. The minimum Gasteiger partial charge on any atom is -0.279 e. The molecule has 1 aliphatic rings. The number of imide groups is 1. The SMILES string of the molecule is O=C1CCCN1C(=O)c1ccc2ccccc2c1. The number of amides is 2. The van der Waals surface area contributed by atoms with Crippen molar-refractivity contribution in [2.24, 2.45) is 0 Å². The zero-order valence-electron chi connectivity index (χ0n) is 9.93. The highest BCUT2D eigenvalue weighted by atomic mass is 16.2. The maximum Gasteiger partial charge on any atom is 0.260 e. The van der Waals surface area contributed by atoms with Gasteiger partial charge in [-0.25, -0.2) is 0 Å². The van der Waals surface area contributed by atoms with Gasteiger partial charge in [-0.2, -0.15) is 0 Å². The summed E-state index contributed by atoms with van der Waals surface area (Å²) in [6.45, 7) is 0.546. The standard InChI is InChI=1S/C15H13NO2/c17-14-6-3-9-16(14)15(18)13-8-7-11-4-1-2-5-12(11)10-13/h1-2,4-5,7-8,10H,3,6,9H2. The van der Waals surface area contributed by atoms with Crippen molar-refractivity contribution in [3.05, 3.63) is 48.0 Å². The molecule has 2 aromatic carbocycles. The summed E-state index contributed by atoms with van der Waals surface area (Å²) in [6, 6.07) is 13.4. The van der Waals surface area contributed by atoms with Crippen LogP contribution in [0.2, 0.25) is 0 Å². The van der Waals surface area contributed by atoms with Crippen LogP contribution in [0.5, 0.6) is 0 Å². The van der Waals surface area contributed by atoms with Gasteiger partial charge in [0.1, 0.15) is 0 Å². The Bertz CT molecular complexity index is 633. The number of rotatable bonds is 1. The normalized spacial score (nSPS) is 15.3. The van der Waals surface area contributed by atoms with E-state index in [0.717, 1.165) is 17.2 Å². The van der Waals surface area contributed by atoms with Gasteiger partial charge in [-0.15, -0.1) is 0 Å². The number of hydrogen-bond donors (Lipinski definition) is 0. The highest BCUT2D eigenvalue weighted by molar-refractivity contribution is 6.07. The van der Waals surface area contributed by atoms with E-state index in [1.165, 1.54) is 4.90 Å². The molecule has 3 rings (SSSR count). The summed E-state index contributed by atoms with van der Waals surface area (Å²) in [5, 5.41) is 2.12. The molecular weight excluding hydrogens is 226 g/mol. The van der Waals surface area contributed by atoms with Gasteiger partial charge in [-0.3, -0.25) is 14.5 Å². The molecule has 0 atom stereocenters. The molecule has 1 saturated heterocycles. The number of nitrogens with zero attached hydrogens (tertiary/aromatic N) is 1. The number of carbonyl (C=O) groups excluding carboxylic acids is 2. The van der Waals surface area contributed by atoms with Gasteiger partial charge in [0.05, 0.1) is 0 Å². The minimum atomic E-state index is -0.178. The van der Waals surface area contributed by atoms with E-state index in [4.69, 9.17) is 0 Å². The Morgan fingerprint density at radius 2 is 1.83 bits per heavy atom. The summed E-state index contributed by atoms with van der Waals surface area (Å²) in [6.07, 6.45) is 1.26. The van der Waals surface area contributed by atoms with Crippen molar-refractivity contribution in [1.29, 1.82) is 0 Å². The second-order valence-corrected chi connectivity index (χ2v) is 4.52. The van der Waals surface area contributed by atoms with Crippen molar-refractivity contribution in [1.82, 2.24) is 4.90 Å². The number of fused-ring (bicyclic) bond motifs is 1. The Kier molecular flexibility index (Phi) is 2.59. The Labute approximate surface area is 105 Å². The summed E-state index contributed by atoms with van der Waals surface area (Å²) < 4.78 is 0. The molecular formula is C15H13NO2. The molecule has 0 bridgehead atoms. The lowest BCUT2D eigenvalue weighted by atomic mass is 10.1. The minimum absolute atomic E-state index is 0.0619. The molecule has 0 spiro atoms. The summed E-state index contributed by atoms with van der Waals surface area (Å²) in [5.41, 5.74) is 0.587. The highest BCUT2D eigenvalue weighted by Gasteiger charge is 2.27. The molecule has 0 aliphatic carbocycles. The largest absolute Gasteiger partial charge is 0.279 e. The molecule has 18 heavy (non-hydrogen) atoms. The van der Waals surface area contributed by atoms with Gasteiger partial charge in [0, 0.05) is 18.5 Å². The van der Waals surface area contributed by atoms with Crippen LogP contribution in [0.15, 0.2) is 42.5 Å². The van der Waals surface area contributed by atoms with Crippen molar-refractivity contribution < 1.29 is 9.59 Å². The Morgan fingerprint density at radius 3 is 2.56 bits per heavy atom. The molecule has 0 radical (unpaired) electrons. The molecule has 1 fully saturated rings. The Balaban J connectivity index is 1.99. The predicted octanol–water partition coefficient (Wildman–Crippen LogP) is 2.60. The molecule has 0 saturated carbocycles. The lowest BCUT2D eigenvalue weighted by Crippen LogP contribution is -2.31. The molecule has 2 aromatic rings. The van der Waals surface area contributed by atoms with Gasteiger partial charge in [-0.05, 0) is 29.3 Å².